The van der Waals surface area contributed by atoms with Gasteiger partial charge in [0.05, 0.1) is 17.3 Å². The fraction of sp³-hybridized carbons (Fsp3) is 0.208. The largest absolute Gasteiger partial charge is 0.490 e. The summed E-state index contributed by atoms with van der Waals surface area (Å²) in [6.45, 7) is -0.0300. The van der Waals surface area contributed by atoms with Gasteiger partial charge in [-0.2, -0.15) is 23.3 Å². The highest BCUT2D eigenvalue weighted by Crippen LogP contribution is 2.29. The molecule has 214 valence electrons. The van der Waals surface area contributed by atoms with Gasteiger partial charge in [0, 0.05) is 51.2 Å². The number of carboxylic acids is 1. The summed E-state index contributed by atoms with van der Waals surface area (Å²) in [5, 5.41) is 17.5. The molecular weight excluding hydrogens is 554 g/mol. The van der Waals surface area contributed by atoms with Crippen molar-refractivity contribution in [1.82, 2.24) is 40.2 Å². The van der Waals surface area contributed by atoms with Crippen LogP contribution in [0.4, 0.5) is 23.6 Å². The highest BCUT2D eigenvalue weighted by molar-refractivity contribution is 5.92. The number of aromatic nitrogens is 7. The molecule has 0 spiro atoms. The number of anilines is 1. The van der Waals surface area contributed by atoms with Gasteiger partial charge in [0.2, 0.25) is 0 Å². The summed E-state index contributed by atoms with van der Waals surface area (Å²) < 4.78 is 53.3. The maximum atomic E-state index is 14.9. The molecule has 0 aliphatic carbocycles. The van der Waals surface area contributed by atoms with Gasteiger partial charge in [-0.15, -0.1) is 0 Å². The zero-order valence-electron chi connectivity index (χ0n) is 21.6. The Balaban J connectivity index is 0.000000493. The topological polar surface area (TPSA) is 168 Å². The number of pyridine rings is 1. The van der Waals surface area contributed by atoms with Crippen LogP contribution in [0.3, 0.4) is 0 Å². The standard InChI is InChI=1S/C22H20FN9O2.C2HF3O2/c1-31(2)22-29-20(30-34-22)21(33)25-9-13-5-4-12(8-16(13)23)15-6-7-24-19-17(15)27-18(28-19)14-10-26-32(3)11-14;3-2(4,5)1(6)7/h4-8,10-11H,9H2,1-3H3,(H,25,33)(H,24,27,28);(H,6,7). The van der Waals surface area contributed by atoms with E-state index in [1.165, 1.54) is 6.07 Å². The number of rotatable bonds is 6. The molecule has 1 aromatic carbocycles. The smallest absolute Gasteiger partial charge is 0.475 e. The Bertz CT molecular complexity index is 1710. The molecule has 0 radical (unpaired) electrons. The van der Waals surface area contributed by atoms with Gasteiger partial charge in [0.25, 0.3) is 11.7 Å². The summed E-state index contributed by atoms with van der Waals surface area (Å²) in [6.07, 6.45) is 0.0938. The number of halogens is 4. The lowest BCUT2D eigenvalue weighted by atomic mass is 10.0. The molecule has 0 saturated heterocycles. The number of benzene rings is 1. The van der Waals surface area contributed by atoms with Crippen LogP contribution in [0.5, 0.6) is 0 Å². The van der Waals surface area contributed by atoms with Crippen molar-refractivity contribution in [2.24, 2.45) is 7.05 Å². The number of hydrogen-bond donors (Lipinski definition) is 3. The number of nitrogens with zero attached hydrogens (tertiary/aromatic N) is 7. The van der Waals surface area contributed by atoms with E-state index in [1.807, 2.05) is 13.2 Å². The summed E-state index contributed by atoms with van der Waals surface area (Å²) >= 11 is 0. The first-order valence-corrected chi connectivity index (χ1v) is 11.6. The average Bonchev–Trinajstić information content (AvgIpc) is 3.66. The first-order chi connectivity index (χ1) is 19.3. The van der Waals surface area contributed by atoms with E-state index in [0.717, 1.165) is 11.1 Å². The quantitative estimate of drug-likeness (QED) is 0.256. The first-order valence-electron chi connectivity index (χ1n) is 11.6. The normalized spacial score (nSPS) is 11.2. The van der Waals surface area contributed by atoms with E-state index in [1.54, 1.807) is 54.3 Å². The predicted molar refractivity (Wildman–Crippen MR) is 135 cm³/mol. The molecular formula is C24H21F4N9O4. The summed E-state index contributed by atoms with van der Waals surface area (Å²) in [5.74, 6) is -3.27. The van der Waals surface area contributed by atoms with Crippen LogP contribution in [0.25, 0.3) is 33.7 Å². The van der Waals surface area contributed by atoms with Gasteiger partial charge < -0.3 is 24.8 Å². The van der Waals surface area contributed by atoms with E-state index in [-0.39, 0.29) is 18.4 Å². The number of aromatic amines is 1. The van der Waals surface area contributed by atoms with Crippen LogP contribution in [-0.2, 0) is 18.4 Å². The van der Waals surface area contributed by atoms with E-state index in [0.29, 0.717) is 28.1 Å². The van der Waals surface area contributed by atoms with Crippen molar-refractivity contribution in [3.05, 3.63) is 60.1 Å². The fourth-order valence-electron chi connectivity index (χ4n) is 3.43. The van der Waals surface area contributed by atoms with Crippen LogP contribution in [0, 0.1) is 5.82 Å². The predicted octanol–water partition coefficient (Wildman–Crippen LogP) is 3.18. The van der Waals surface area contributed by atoms with Crippen LogP contribution in [0.2, 0.25) is 0 Å². The second kappa shape index (κ2) is 11.4. The lowest BCUT2D eigenvalue weighted by molar-refractivity contribution is -0.192. The van der Waals surface area contributed by atoms with Gasteiger partial charge in [-0.25, -0.2) is 19.2 Å². The van der Waals surface area contributed by atoms with Gasteiger partial charge in [-0.05, 0) is 22.9 Å². The van der Waals surface area contributed by atoms with E-state index in [4.69, 9.17) is 14.4 Å². The number of aryl methyl sites for hydroxylation is 1. The summed E-state index contributed by atoms with van der Waals surface area (Å²) in [7, 11) is 5.25. The van der Waals surface area contributed by atoms with Gasteiger partial charge in [0.1, 0.15) is 11.6 Å². The molecule has 5 aromatic rings. The minimum Gasteiger partial charge on any atom is -0.475 e. The third kappa shape index (κ3) is 6.63. The molecule has 0 bridgehead atoms. The monoisotopic (exact) mass is 575 g/mol. The van der Waals surface area contributed by atoms with Crippen molar-refractivity contribution in [1.29, 1.82) is 0 Å². The zero-order valence-corrected chi connectivity index (χ0v) is 21.6. The lowest BCUT2D eigenvalue weighted by Crippen LogP contribution is -2.24. The molecule has 0 fully saturated rings. The Morgan fingerprint density at radius 2 is 1.90 bits per heavy atom. The molecule has 17 heteroatoms. The van der Waals surface area contributed by atoms with Crippen LogP contribution in [-0.4, -0.2) is 72.1 Å². The van der Waals surface area contributed by atoms with Gasteiger partial charge in [-0.1, -0.05) is 12.1 Å². The second-order valence-electron chi connectivity index (χ2n) is 8.63. The number of amides is 1. The number of nitrogens with one attached hydrogen (secondary N) is 2. The summed E-state index contributed by atoms with van der Waals surface area (Å²) in [5.41, 5.74) is 3.75. The molecule has 0 saturated carbocycles. The minimum absolute atomic E-state index is 0.0300. The Labute approximate surface area is 227 Å². The fourth-order valence-corrected chi connectivity index (χ4v) is 3.43. The van der Waals surface area contributed by atoms with Gasteiger partial charge >= 0.3 is 18.2 Å². The minimum atomic E-state index is -5.08. The average molecular weight is 575 g/mol. The molecule has 0 atom stereocenters. The molecule has 0 unspecified atom stereocenters. The van der Waals surface area contributed by atoms with E-state index in [2.05, 4.69) is 35.5 Å². The number of carbonyl (C=O) groups is 2. The molecule has 5 rings (SSSR count). The van der Waals surface area contributed by atoms with Crippen LogP contribution in [0.1, 0.15) is 16.2 Å². The zero-order chi connectivity index (χ0) is 29.9. The Morgan fingerprint density at radius 1 is 1.17 bits per heavy atom. The number of aliphatic carboxylic acids is 1. The first kappa shape index (κ1) is 28.7. The molecule has 0 aliphatic heterocycles. The highest BCUT2D eigenvalue weighted by atomic mass is 19.4. The van der Waals surface area contributed by atoms with E-state index < -0.39 is 23.9 Å². The van der Waals surface area contributed by atoms with Crippen molar-refractivity contribution in [2.45, 2.75) is 12.7 Å². The van der Waals surface area contributed by atoms with Crippen LogP contribution in [0.15, 0.2) is 47.4 Å². The Kier molecular flexibility index (Phi) is 7.97. The summed E-state index contributed by atoms with van der Waals surface area (Å²) in [4.78, 5) is 38.8. The van der Waals surface area contributed by atoms with E-state index >= 15 is 0 Å². The van der Waals surface area contributed by atoms with Gasteiger partial charge in [0.15, 0.2) is 5.65 Å². The number of carboxylic acid groups (broad SMARTS) is 1. The molecule has 1 amide bonds. The SMILES string of the molecule is CN(C)c1nc(C(=O)NCc2ccc(-c3ccnc4nc(-c5cnn(C)c5)[nH]c34)cc2F)no1.O=C(O)C(F)(F)F. The lowest BCUT2D eigenvalue weighted by Gasteiger charge is -2.08. The van der Waals surface area contributed by atoms with Crippen molar-refractivity contribution < 1.29 is 36.8 Å². The van der Waals surface area contributed by atoms with Crippen molar-refractivity contribution in [3.63, 3.8) is 0 Å². The molecule has 41 heavy (non-hydrogen) atoms. The van der Waals surface area contributed by atoms with Crippen LogP contribution >= 0.6 is 0 Å². The third-order valence-corrected chi connectivity index (χ3v) is 5.42. The van der Waals surface area contributed by atoms with Crippen LogP contribution < -0.4 is 10.2 Å². The number of hydrogen-bond acceptors (Lipinski definition) is 9. The maximum Gasteiger partial charge on any atom is 0.490 e. The van der Waals surface area contributed by atoms with Gasteiger partial charge in [-0.3, -0.25) is 9.48 Å². The van der Waals surface area contributed by atoms with Crippen molar-refractivity contribution in [2.75, 3.05) is 19.0 Å². The number of H-pyrrole nitrogens is 1. The Morgan fingerprint density at radius 3 is 2.49 bits per heavy atom. The number of fused-ring (bicyclic) bond motifs is 1. The maximum absolute atomic E-state index is 14.9. The number of imidazole rings is 1. The molecule has 13 nitrogen and oxygen atoms in total. The molecule has 0 aliphatic rings. The van der Waals surface area contributed by atoms with Crippen molar-refractivity contribution in [3.8, 4) is 22.5 Å². The number of carbonyl (C=O) groups excluding carboxylic acids is 1. The number of alkyl halides is 3. The van der Waals surface area contributed by atoms with Crippen molar-refractivity contribution >= 4 is 29.1 Å². The molecule has 4 aromatic heterocycles. The molecule has 3 N–H and O–H groups in total. The second-order valence-corrected chi connectivity index (χ2v) is 8.63. The highest BCUT2D eigenvalue weighted by Gasteiger charge is 2.38. The molecule has 4 heterocycles. The Hall–Kier alpha value is -5.35. The van der Waals surface area contributed by atoms with E-state index in [9.17, 15) is 22.4 Å². The third-order valence-electron chi connectivity index (χ3n) is 5.42. The summed E-state index contributed by atoms with van der Waals surface area (Å²) in [6, 6.07) is 6.82.